The maximum absolute atomic E-state index is 5.60. The highest BCUT2D eigenvalue weighted by molar-refractivity contribution is 5.79. The average Bonchev–Trinajstić information content (AvgIpc) is 3.31. The fourth-order valence-corrected chi connectivity index (χ4v) is 3.80. The van der Waals surface area contributed by atoms with Crippen LogP contribution in [0.2, 0.25) is 0 Å². The fraction of sp³-hybridized carbons (Fsp3) is 0.650. The minimum Gasteiger partial charge on any atom is -0.454 e. The zero-order valence-corrected chi connectivity index (χ0v) is 16.0. The van der Waals surface area contributed by atoms with Crippen LogP contribution in [0, 0.1) is 5.41 Å². The van der Waals surface area contributed by atoms with Crippen LogP contribution in [0.15, 0.2) is 23.2 Å². The third kappa shape index (κ3) is 4.81. The normalized spacial score (nSPS) is 18.2. The molecule has 0 radical (unpaired) electrons. The van der Waals surface area contributed by atoms with Gasteiger partial charge in [-0.25, -0.2) is 0 Å². The van der Waals surface area contributed by atoms with E-state index < -0.39 is 0 Å². The Morgan fingerprint density at radius 3 is 2.77 bits per heavy atom. The van der Waals surface area contributed by atoms with Gasteiger partial charge in [-0.2, -0.15) is 0 Å². The van der Waals surface area contributed by atoms with E-state index in [0.29, 0.717) is 18.8 Å². The predicted octanol–water partition coefficient (Wildman–Crippen LogP) is 3.07. The molecule has 0 spiro atoms. The highest BCUT2D eigenvalue weighted by Gasteiger charge is 2.33. The van der Waals surface area contributed by atoms with Crippen molar-refractivity contribution in [3.05, 3.63) is 23.8 Å². The quantitative estimate of drug-likeness (QED) is 0.423. The summed E-state index contributed by atoms with van der Waals surface area (Å²) < 4.78 is 16.4. The summed E-state index contributed by atoms with van der Waals surface area (Å²) in [7, 11) is 1.82. The smallest absolute Gasteiger partial charge is 0.231 e. The summed E-state index contributed by atoms with van der Waals surface area (Å²) in [5.41, 5.74) is 1.48. The minimum atomic E-state index is 0.305. The van der Waals surface area contributed by atoms with Crippen LogP contribution in [0.25, 0.3) is 0 Å². The van der Waals surface area contributed by atoms with Gasteiger partial charge in [0.25, 0.3) is 0 Å². The summed E-state index contributed by atoms with van der Waals surface area (Å²) in [6.07, 6.45) is 6.29. The standard InChI is InChI=1S/C20H31N3O3/c1-3-24-11-10-20(8-4-5-9-20)14-23-19(21-2)22-13-16-6-7-17-18(12-16)26-15-25-17/h6-7,12H,3-5,8-11,13-15H2,1-2H3,(H2,21,22,23). The number of nitrogens with zero attached hydrogens (tertiary/aromatic N) is 1. The summed E-state index contributed by atoms with van der Waals surface area (Å²) in [5.74, 6) is 2.46. The summed E-state index contributed by atoms with van der Waals surface area (Å²) in [6, 6.07) is 6.02. The molecule has 1 fully saturated rings. The maximum atomic E-state index is 5.60. The van der Waals surface area contributed by atoms with Gasteiger partial charge in [-0.15, -0.1) is 0 Å². The predicted molar refractivity (Wildman–Crippen MR) is 103 cm³/mol. The first kappa shape index (κ1) is 18.8. The van der Waals surface area contributed by atoms with E-state index in [9.17, 15) is 0 Å². The molecule has 0 amide bonds. The molecule has 2 N–H and O–H groups in total. The summed E-state index contributed by atoms with van der Waals surface area (Å²) in [6.45, 7) is 5.65. The minimum absolute atomic E-state index is 0.305. The number of fused-ring (bicyclic) bond motifs is 1. The first-order valence-corrected chi connectivity index (χ1v) is 9.65. The molecule has 6 nitrogen and oxygen atoms in total. The van der Waals surface area contributed by atoms with Crippen molar-refractivity contribution >= 4 is 5.96 Å². The highest BCUT2D eigenvalue weighted by atomic mass is 16.7. The SMILES string of the molecule is CCOCCC1(CNC(=NC)NCc2ccc3c(c2)OCO3)CCCC1. The number of hydrogen-bond donors (Lipinski definition) is 2. The maximum Gasteiger partial charge on any atom is 0.231 e. The van der Waals surface area contributed by atoms with Crippen LogP contribution in [-0.2, 0) is 11.3 Å². The van der Waals surface area contributed by atoms with Gasteiger partial charge in [-0.3, -0.25) is 4.99 Å². The monoisotopic (exact) mass is 361 g/mol. The fourth-order valence-electron chi connectivity index (χ4n) is 3.80. The van der Waals surface area contributed by atoms with Crippen molar-refractivity contribution in [1.82, 2.24) is 10.6 Å². The Labute approximate surface area is 156 Å². The van der Waals surface area contributed by atoms with Crippen LogP contribution < -0.4 is 20.1 Å². The van der Waals surface area contributed by atoms with Crippen molar-refractivity contribution in [3.63, 3.8) is 0 Å². The number of rotatable bonds is 8. The molecule has 0 atom stereocenters. The lowest BCUT2D eigenvalue weighted by Gasteiger charge is -2.30. The van der Waals surface area contributed by atoms with Gasteiger partial charge in [-0.05, 0) is 49.3 Å². The summed E-state index contributed by atoms with van der Waals surface area (Å²) in [4.78, 5) is 4.37. The first-order valence-electron chi connectivity index (χ1n) is 9.65. The molecule has 6 heteroatoms. The Balaban J connectivity index is 1.49. The van der Waals surface area contributed by atoms with Crippen molar-refractivity contribution in [2.24, 2.45) is 10.4 Å². The van der Waals surface area contributed by atoms with Crippen LogP contribution in [0.5, 0.6) is 11.5 Å². The lowest BCUT2D eigenvalue weighted by molar-refractivity contribution is 0.105. The topological polar surface area (TPSA) is 64.1 Å². The summed E-state index contributed by atoms with van der Waals surface area (Å²) in [5, 5.41) is 6.93. The van der Waals surface area contributed by atoms with Gasteiger partial charge in [0.05, 0.1) is 0 Å². The number of ether oxygens (including phenoxy) is 3. The Hall–Kier alpha value is -1.95. The number of benzene rings is 1. The van der Waals surface area contributed by atoms with E-state index in [1.54, 1.807) is 0 Å². The van der Waals surface area contributed by atoms with Crippen molar-refractivity contribution in [2.45, 2.75) is 45.6 Å². The van der Waals surface area contributed by atoms with E-state index in [2.05, 4.69) is 22.5 Å². The highest BCUT2D eigenvalue weighted by Crippen LogP contribution is 2.40. The van der Waals surface area contributed by atoms with Crippen LogP contribution >= 0.6 is 0 Å². The largest absolute Gasteiger partial charge is 0.454 e. The third-order valence-electron chi connectivity index (χ3n) is 5.40. The van der Waals surface area contributed by atoms with Gasteiger partial charge in [0.1, 0.15) is 0 Å². The van der Waals surface area contributed by atoms with Crippen LogP contribution in [0.3, 0.4) is 0 Å². The molecule has 1 saturated carbocycles. The molecule has 0 unspecified atom stereocenters. The molecule has 0 saturated heterocycles. The molecule has 1 aliphatic heterocycles. The van der Waals surface area contributed by atoms with E-state index in [1.165, 1.54) is 25.7 Å². The van der Waals surface area contributed by atoms with E-state index in [1.807, 2.05) is 25.2 Å². The molecule has 0 bridgehead atoms. The zero-order chi connectivity index (χ0) is 18.2. The second kappa shape index (κ2) is 9.12. The van der Waals surface area contributed by atoms with Crippen molar-refractivity contribution in [2.75, 3.05) is 33.6 Å². The Morgan fingerprint density at radius 1 is 1.19 bits per heavy atom. The van der Waals surface area contributed by atoms with Gasteiger partial charge >= 0.3 is 0 Å². The second-order valence-electron chi connectivity index (χ2n) is 7.12. The van der Waals surface area contributed by atoms with Crippen molar-refractivity contribution in [3.8, 4) is 11.5 Å². The number of aliphatic imine (C=N–C) groups is 1. The molecular formula is C20H31N3O3. The molecule has 1 aromatic carbocycles. The Kier molecular flexibility index (Phi) is 6.61. The number of hydrogen-bond acceptors (Lipinski definition) is 4. The van der Waals surface area contributed by atoms with Crippen molar-refractivity contribution < 1.29 is 14.2 Å². The first-order chi connectivity index (χ1) is 12.7. The van der Waals surface area contributed by atoms with E-state index in [4.69, 9.17) is 14.2 Å². The molecule has 0 aromatic heterocycles. The molecule has 2 aliphatic rings. The lowest BCUT2D eigenvalue weighted by Crippen LogP contribution is -2.43. The molecule has 1 heterocycles. The average molecular weight is 361 g/mol. The molecule has 1 aliphatic carbocycles. The Bertz CT molecular complexity index is 612. The van der Waals surface area contributed by atoms with Crippen LogP contribution in [-0.4, -0.2) is 39.6 Å². The van der Waals surface area contributed by atoms with E-state index in [0.717, 1.165) is 49.2 Å². The van der Waals surface area contributed by atoms with E-state index in [-0.39, 0.29) is 0 Å². The van der Waals surface area contributed by atoms with Gasteiger partial charge < -0.3 is 24.8 Å². The zero-order valence-electron chi connectivity index (χ0n) is 16.0. The molecular weight excluding hydrogens is 330 g/mol. The molecule has 1 aromatic rings. The Morgan fingerprint density at radius 2 is 2.00 bits per heavy atom. The molecule has 3 rings (SSSR count). The third-order valence-corrected chi connectivity index (χ3v) is 5.40. The number of guanidine groups is 1. The van der Waals surface area contributed by atoms with Gasteiger partial charge in [-0.1, -0.05) is 18.9 Å². The van der Waals surface area contributed by atoms with Gasteiger partial charge in [0, 0.05) is 33.4 Å². The van der Waals surface area contributed by atoms with Gasteiger partial charge in [0.2, 0.25) is 6.79 Å². The second-order valence-corrected chi connectivity index (χ2v) is 7.12. The van der Waals surface area contributed by atoms with Gasteiger partial charge in [0.15, 0.2) is 17.5 Å². The van der Waals surface area contributed by atoms with Crippen LogP contribution in [0.1, 0.15) is 44.6 Å². The molecule has 26 heavy (non-hydrogen) atoms. The van der Waals surface area contributed by atoms with E-state index >= 15 is 0 Å². The van der Waals surface area contributed by atoms with Crippen molar-refractivity contribution in [1.29, 1.82) is 0 Å². The summed E-state index contributed by atoms with van der Waals surface area (Å²) >= 11 is 0. The molecule has 144 valence electrons. The number of nitrogens with one attached hydrogen (secondary N) is 2. The lowest BCUT2D eigenvalue weighted by atomic mass is 9.83. The van der Waals surface area contributed by atoms with Crippen LogP contribution in [0.4, 0.5) is 0 Å².